The van der Waals surface area contributed by atoms with Gasteiger partial charge in [-0.1, -0.05) is 13.8 Å². The SMILES string of the molecule is CCC1OCCC1CNCc1ccc(C2CC2C)o1. The number of rotatable bonds is 6. The molecule has 0 aromatic carbocycles. The van der Waals surface area contributed by atoms with Crippen molar-refractivity contribution < 1.29 is 9.15 Å². The predicted molar refractivity (Wildman–Crippen MR) is 75.1 cm³/mol. The van der Waals surface area contributed by atoms with Crippen molar-refractivity contribution >= 4 is 0 Å². The van der Waals surface area contributed by atoms with Gasteiger partial charge in [-0.15, -0.1) is 0 Å². The van der Waals surface area contributed by atoms with E-state index >= 15 is 0 Å². The molecule has 1 N–H and O–H groups in total. The molecular weight excluding hydrogens is 238 g/mol. The number of ether oxygens (including phenoxy) is 1. The van der Waals surface area contributed by atoms with Crippen molar-refractivity contribution in [2.45, 2.75) is 51.7 Å². The highest BCUT2D eigenvalue weighted by Gasteiger charge is 2.36. The molecule has 1 saturated heterocycles. The molecule has 3 heteroatoms. The summed E-state index contributed by atoms with van der Waals surface area (Å²) in [5.74, 6) is 4.42. The second-order valence-electron chi connectivity index (χ2n) is 6.12. The van der Waals surface area contributed by atoms with Crippen LogP contribution < -0.4 is 5.32 Å². The van der Waals surface area contributed by atoms with Crippen LogP contribution in [-0.4, -0.2) is 19.3 Å². The third kappa shape index (κ3) is 3.03. The highest BCUT2D eigenvalue weighted by atomic mass is 16.5. The molecule has 1 saturated carbocycles. The van der Waals surface area contributed by atoms with Crippen LogP contribution in [0.25, 0.3) is 0 Å². The molecule has 3 nitrogen and oxygen atoms in total. The van der Waals surface area contributed by atoms with Gasteiger partial charge in [0.25, 0.3) is 0 Å². The molecule has 106 valence electrons. The Morgan fingerprint density at radius 1 is 1.37 bits per heavy atom. The summed E-state index contributed by atoms with van der Waals surface area (Å²) in [7, 11) is 0. The highest BCUT2D eigenvalue weighted by molar-refractivity contribution is 5.17. The fraction of sp³-hybridized carbons (Fsp3) is 0.750. The molecule has 4 unspecified atom stereocenters. The molecule has 1 aliphatic heterocycles. The third-order valence-corrected chi connectivity index (χ3v) is 4.61. The fourth-order valence-corrected chi connectivity index (χ4v) is 3.17. The topological polar surface area (TPSA) is 34.4 Å². The number of hydrogen-bond acceptors (Lipinski definition) is 3. The standard InChI is InChI=1S/C16H25NO2/c1-3-15-12(6-7-18-15)9-17-10-13-4-5-16(19-13)14-8-11(14)2/h4-5,11-12,14-15,17H,3,6-10H2,1-2H3. The molecule has 2 heterocycles. The molecule has 1 aromatic rings. The van der Waals surface area contributed by atoms with Gasteiger partial charge in [-0.3, -0.25) is 0 Å². The van der Waals surface area contributed by atoms with Crippen molar-refractivity contribution in [1.29, 1.82) is 0 Å². The lowest BCUT2D eigenvalue weighted by Crippen LogP contribution is -2.27. The van der Waals surface area contributed by atoms with E-state index in [-0.39, 0.29) is 0 Å². The summed E-state index contributed by atoms with van der Waals surface area (Å²) in [5, 5.41) is 3.52. The van der Waals surface area contributed by atoms with E-state index in [0.29, 0.717) is 17.9 Å². The Morgan fingerprint density at radius 3 is 2.95 bits per heavy atom. The van der Waals surface area contributed by atoms with Crippen LogP contribution in [0.5, 0.6) is 0 Å². The molecule has 2 fully saturated rings. The van der Waals surface area contributed by atoms with Crippen molar-refractivity contribution in [3.8, 4) is 0 Å². The van der Waals surface area contributed by atoms with E-state index in [0.717, 1.165) is 37.8 Å². The lowest BCUT2D eigenvalue weighted by atomic mass is 10.00. The molecule has 19 heavy (non-hydrogen) atoms. The zero-order valence-electron chi connectivity index (χ0n) is 12.0. The maximum absolute atomic E-state index is 5.90. The van der Waals surface area contributed by atoms with E-state index in [1.807, 2.05) is 0 Å². The Kier molecular flexibility index (Phi) is 3.94. The van der Waals surface area contributed by atoms with Gasteiger partial charge in [0, 0.05) is 19.1 Å². The highest BCUT2D eigenvalue weighted by Crippen LogP contribution is 2.47. The molecule has 0 amide bonds. The summed E-state index contributed by atoms with van der Waals surface area (Å²) in [5.41, 5.74) is 0. The lowest BCUT2D eigenvalue weighted by molar-refractivity contribution is 0.0871. The first-order valence-electron chi connectivity index (χ1n) is 7.69. The molecule has 3 rings (SSSR count). The van der Waals surface area contributed by atoms with Crippen molar-refractivity contribution in [3.63, 3.8) is 0 Å². The minimum Gasteiger partial charge on any atom is -0.464 e. The van der Waals surface area contributed by atoms with Crippen LogP contribution in [0.1, 0.15) is 50.5 Å². The van der Waals surface area contributed by atoms with Crippen LogP contribution in [-0.2, 0) is 11.3 Å². The molecule has 1 aromatic heterocycles. The summed E-state index contributed by atoms with van der Waals surface area (Å²) < 4.78 is 11.6. The Hall–Kier alpha value is -0.800. The van der Waals surface area contributed by atoms with Crippen molar-refractivity contribution in [2.75, 3.05) is 13.2 Å². The maximum Gasteiger partial charge on any atom is 0.117 e. The van der Waals surface area contributed by atoms with E-state index in [1.165, 1.54) is 18.6 Å². The van der Waals surface area contributed by atoms with Crippen molar-refractivity contribution in [1.82, 2.24) is 5.32 Å². The Bertz CT molecular complexity index is 415. The number of hydrogen-bond donors (Lipinski definition) is 1. The van der Waals surface area contributed by atoms with Gasteiger partial charge in [0.1, 0.15) is 11.5 Å². The zero-order valence-corrected chi connectivity index (χ0v) is 12.0. The Labute approximate surface area is 115 Å². The molecule has 2 aliphatic rings. The van der Waals surface area contributed by atoms with E-state index in [4.69, 9.17) is 9.15 Å². The number of nitrogens with one attached hydrogen (secondary N) is 1. The Morgan fingerprint density at radius 2 is 2.21 bits per heavy atom. The average molecular weight is 263 g/mol. The van der Waals surface area contributed by atoms with Gasteiger partial charge in [-0.2, -0.15) is 0 Å². The van der Waals surface area contributed by atoms with Gasteiger partial charge < -0.3 is 14.5 Å². The van der Waals surface area contributed by atoms with E-state index in [2.05, 4.69) is 31.3 Å². The molecule has 4 atom stereocenters. The normalized spacial score (nSPS) is 33.8. The molecule has 0 radical (unpaired) electrons. The summed E-state index contributed by atoms with van der Waals surface area (Å²) in [6.07, 6.45) is 4.05. The second kappa shape index (κ2) is 5.68. The van der Waals surface area contributed by atoms with Crippen LogP contribution >= 0.6 is 0 Å². The Balaban J connectivity index is 1.43. The van der Waals surface area contributed by atoms with Crippen LogP contribution in [0.4, 0.5) is 0 Å². The van der Waals surface area contributed by atoms with E-state index in [9.17, 15) is 0 Å². The third-order valence-electron chi connectivity index (χ3n) is 4.61. The van der Waals surface area contributed by atoms with E-state index < -0.39 is 0 Å². The first-order chi connectivity index (χ1) is 9.28. The summed E-state index contributed by atoms with van der Waals surface area (Å²) in [4.78, 5) is 0. The fourth-order valence-electron chi connectivity index (χ4n) is 3.17. The van der Waals surface area contributed by atoms with Gasteiger partial charge in [0.2, 0.25) is 0 Å². The lowest BCUT2D eigenvalue weighted by Gasteiger charge is -2.16. The first kappa shape index (κ1) is 13.2. The van der Waals surface area contributed by atoms with Crippen LogP contribution in [0.2, 0.25) is 0 Å². The van der Waals surface area contributed by atoms with Crippen molar-refractivity contribution in [3.05, 3.63) is 23.7 Å². The average Bonchev–Trinajstić information content (AvgIpc) is 2.85. The molecule has 0 bridgehead atoms. The second-order valence-corrected chi connectivity index (χ2v) is 6.12. The summed E-state index contributed by atoms with van der Waals surface area (Å²) >= 11 is 0. The molecule has 0 spiro atoms. The van der Waals surface area contributed by atoms with Crippen molar-refractivity contribution in [2.24, 2.45) is 11.8 Å². The largest absolute Gasteiger partial charge is 0.464 e. The van der Waals surface area contributed by atoms with Crippen LogP contribution in [0.3, 0.4) is 0 Å². The van der Waals surface area contributed by atoms with E-state index in [1.54, 1.807) is 0 Å². The minimum absolute atomic E-state index is 0.451. The van der Waals surface area contributed by atoms with Crippen LogP contribution in [0, 0.1) is 11.8 Å². The van der Waals surface area contributed by atoms with Gasteiger partial charge in [-0.05, 0) is 43.2 Å². The molecule has 1 aliphatic carbocycles. The zero-order chi connectivity index (χ0) is 13.2. The van der Waals surface area contributed by atoms with Crippen LogP contribution in [0.15, 0.2) is 16.5 Å². The maximum atomic E-state index is 5.90. The van der Waals surface area contributed by atoms with Gasteiger partial charge in [0.15, 0.2) is 0 Å². The quantitative estimate of drug-likeness (QED) is 0.855. The molecular formula is C16H25NO2. The monoisotopic (exact) mass is 263 g/mol. The first-order valence-corrected chi connectivity index (χ1v) is 7.69. The van der Waals surface area contributed by atoms with Gasteiger partial charge >= 0.3 is 0 Å². The summed E-state index contributed by atoms with van der Waals surface area (Å²) in [6.45, 7) is 7.30. The number of furan rings is 1. The predicted octanol–water partition coefficient (Wildman–Crippen LogP) is 3.31. The minimum atomic E-state index is 0.451. The summed E-state index contributed by atoms with van der Waals surface area (Å²) in [6, 6.07) is 4.27. The smallest absolute Gasteiger partial charge is 0.117 e. The van der Waals surface area contributed by atoms with Gasteiger partial charge in [0.05, 0.1) is 12.6 Å². The van der Waals surface area contributed by atoms with Gasteiger partial charge in [-0.25, -0.2) is 0 Å².